The van der Waals surface area contributed by atoms with Crippen molar-refractivity contribution >= 4 is 11.8 Å². The molecule has 2 amide bonds. The van der Waals surface area contributed by atoms with Crippen LogP contribution in [-0.2, 0) is 16.6 Å². The van der Waals surface area contributed by atoms with Gasteiger partial charge in [-0.3, -0.25) is 14.7 Å². The summed E-state index contributed by atoms with van der Waals surface area (Å²) < 4.78 is 13.0. The lowest BCUT2D eigenvalue weighted by atomic mass is 9.76. The quantitative estimate of drug-likeness (QED) is 0.885. The molecule has 3 N–H and O–H groups in total. The number of nitrogens with two attached hydrogens (primary N) is 1. The second-order valence-electron chi connectivity index (χ2n) is 6.77. The average molecular weight is 344 g/mol. The van der Waals surface area contributed by atoms with E-state index in [-0.39, 0.29) is 23.6 Å². The van der Waals surface area contributed by atoms with Gasteiger partial charge in [-0.25, -0.2) is 4.39 Å². The number of hydrogen-bond acceptors (Lipinski definition) is 3. The van der Waals surface area contributed by atoms with Crippen LogP contribution in [-0.4, -0.2) is 40.0 Å². The molecule has 6 nitrogen and oxygen atoms in total. The Morgan fingerprint density at radius 1 is 1.28 bits per heavy atom. The Hall–Kier alpha value is -2.70. The van der Waals surface area contributed by atoms with Crippen LogP contribution >= 0.6 is 0 Å². The van der Waals surface area contributed by atoms with Gasteiger partial charge in [0.05, 0.1) is 23.9 Å². The Kier molecular flexibility index (Phi) is 4.57. The van der Waals surface area contributed by atoms with E-state index in [1.54, 1.807) is 12.1 Å². The van der Waals surface area contributed by atoms with Gasteiger partial charge in [-0.2, -0.15) is 5.10 Å². The highest BCUT2D eigenvalue weighted by atomic mass is 19.1. The number of aromatic nitrogens is 2. The van der Waals surface area contributed by atoms with Crippen molar-refractivity contribution in [3.8, 4) is 0 Å². The topological polar surface area (TPSA) is 92.1 Å². The highest BCUT2D eigenvalue weighted by Gasteiger charge is 2.37. The first kappa shape index (κ1) is 17.1. The minimum absolute atomic E-state index is 0.0217. The van der Waals surface area contributed by atoms with Crippen molar-refractivity contribution in [1.82, 2.24) is 15.1 Å². The van der Waals surface area contributed by atoms with Crippen LogP contribution in [0.1, 0.15) is 41.4 Å². The molecule has 1 aliphatic rings. The normalized spacial score (nSPS) is 16.6. The molecule has 0 spiro atoms. The summed E-state index contributed by atoms with van der Waals surface area (Å²) in [4.78, 5) is 25.8. The van der Waals surface area contributed by atoms with Gasteiger partial charge in [0.2, 0.25) is 5.91 Å². The van der Waals surface area contributed by atoms with Crippen molar-refractivity contribution in [2.24, 2.45) is 5.73 Å². The molecular weight excluding hydrogens is 323 g/mol. The number of nitrogens with one attached hydrogen (secondary N) is 1. The number of halogens is 1. The zero-order valence-corrected chi connectivity index (χ0v) is 14.1. The van der Waals surface area contributed by atoms with E-state index in [9.17, 15) is 14.0 Å². The van der Waals surface area contributed by atoms with Crippen LogP contribution in [0.25, 0.3) is 0 Å². The number of amides is 2. The number of nitrogens with zero attached hydrogens (tertiary/aromatic N) is 2. The van der Waals surface area contributed by atoms with Crippen molar-refractivity contribution < 1.29 is 14.0 Å². The molecule has 1 aromatic carbocycles. The van der Waals surface area contributed by atoms with Crippen LogP contribution in [0.15, 0.2) is 30.5 Å². The van der Waals surface area contributed by atoms with Crippen molar-refractivity contribution in [3.63, 3.8) is 0 Å². The average Bonchev–Trinajstić information content (AvgIpc) is 3.08. The molecule has 25 heavy (non-hydrogen) atoms. The Balaban J connectivity index is 1.64. The number of piperidine rings is 1. The van der Waals surface area contributed by atoms with Crippen LogP contribution in [0, 0.1) is 5.82 Å². The van der Waals surface area contributed by atoms with Gasteiger partial charge in [0.15, 0.2) is 0 Å². The molecule has 2 heterocycles. The van der Waals surface area contributed by atoms with E-state index in [2.05, 4.69) is 17.1 Å². The van der Waals surface area contributed by atoms with Crippen LogP contribution in [0.4, 0.5) is 4.39 Å². The molecule has 1 fully saturated rings. The van der Waals surface area contributed by atoms with E-state index >= 15 is 0 Å². The fourth-order valence-corrected chi connectivity index (χ4v) is 3.32. The molecule has 2 aromatic rings. The predicted octanol–water partition coefficient (Wildman–Crippen LogP) is 1.77. The van der Waals surface area contributed by atoms with Crippen molar-refractivity contribution in [3.05, 3.63) is 53.1 Å². The number of rotatable bonds is 4. The number of carbonyl (C=O) groups excluding carboxylic acids is 2. The Labute approximate surface area is 145 Å². The Morgan fingerprint density at radius 3 is 2.52 bits per heavy atom. The molecule has 1 saturated heterocycles. The molecular formula is C18H21FN4O2. The fraction of sp³-hybridized carbons (Fsp3) is 0.389. The van der Waals surface area contributed by atoms with Crippen molar-refractivity contribution in [2.75, 3.05) is 13.1 Å². The third kappa shape index (κ3) is 3.55. The predicted molar refractivity (Wildman–Crippen MR) is 90.4 cm³/mol. The number of benzene rings is 1. The smallest absolute Gasteiger partial charge is 0.252 e. The minimum Gasteiger partial charge on any atom is -0.365 e. The number of H-pyrrole nitrogens is 1. The van der Waals surface area contributed by atoms with Gasteiger partial charge in [-0.1, -0.05) is 19.1 Å². The summed E-state index contributed by atoms with van der Waals surface area (Å²) in [6.07, 6.45) is 3.14. The Morgan fingerprint density at radius 2 is 1.92 bits per heavy atom. The maximum Gasteiger partial charge on any atom is 0.252 e. The van der Waals surface area contributed by atoms with Gasteiger partial charge >= 0.3 is 0 Å². The van der Waals surface area contributed by atoms with Crippen LogP contribution < -0.4 is 5.73 Å². The molecule has 0 atom stereocenters. The monoisotopic (exact) mass is 344 g/mol. The fourth-order valence-electron chi connectivity index (χ4n) is 3.32. The largest absolute Gasteiger partial charge is 0.365 e. The van der Waals surface area contributed by atoms with E-state index in [0.717, 1.165) is 11.3 Å². The van der Waals surface area contributed by atoms with Gasteiger partial charge in [-0.05, 0) is 30.5 Å². The highest BCUT2D eigenvalue weighted by Crippen LogP contribution is 2.35. The van der Waals surface area contributed by atoms with E-state index in [4.69, 9.17) is 5.73 Å². The van der Waals surface area contributed by atoms with E-state index in [1.807, 2.05) is 4.90 Å². The van der Waals surface area contributed by atoms with Crippen LogP contribution in [0.5, 0.6) is 0 Å². The molecule has 0 saturated carbocycles. The van der Waals surface area contributed by atoms with Crippen molar-refractivity contribution in [1.29, 1.82) is 0 Å². The summed E-state index contributed by atoms with van der Waals surface area (Å²) in [5, 5.41) is 6.84. The van der Waals surface area contributed by atoms with E-state index in [0.29, 0.717) is 31.5 Å². The Bertz CT molecular complexity index is 777. The zero-order chi connectivity index (χ0) is 18.0. The molecule has 7 heteroatoms. The van der Waals surface area contributed by atoms with Gasteiger partial charge in [0.25, 0.3) is 5.91 Å². The first-order chi connectivity index (χ1) is 11.9. The number of carbonyl (C=O) groups is 2. The highest BCUT2D eigenvalue weighted by molar-refractivity contribution is 5.94. The lowest BCUT2D eigenvalue weighted by Crippen LogP contribution is -2.45. The number of aromatic amines is 1. The zero-order valence-electron chi connectivity index (χ0n) is 14.1. The summed E-state index contributed by atoms with van der Waals surface area (Å²) in [5.41, 5.74) is 7.08. The maximum absolute atomic E-state index is 13.0. The number of hydrogen-bond donors (Lipinski definition) is 2. The minimum atomic E-state index is -0.500. The van der Waals surface area contributed by atoms with Gasteiger partial charge in [-0.15, -0.1) is 0 Å². The summed E-state index contributed by atoms with van der Waals surface area (Å²) in [7, 11) is 0. The molecule has 0 aliphatic carbocycles. The molecule has 132 valence electrons. The summed E-state index contributed by atoms with van der Waals surface area (Å²) in [5.74, 6) is -0.789. The SMILES string of the molecule is CC1(c2[nH]ncc2C(N)=O)CCN(C(=O)Cc2ccc(F)cc2)CC1. The second kappa shape index (κ2) is 6.66. The standard InChI is InChI=1S/C18H21FN4O2/c1-18(16-14(17(20)25)11-21-22-16)6-8-23(9-7-18)15(24)10-12-2-4-13(19)5-3-12/h2-5,11H,6-10H2,1H3,(H2,20,25)(H,21,22). The second-order valence-corrected chi connectivity index (χ2v) is 6.77. The first-order valence-electron chi connectivity index (χ1n) is 8.25. The maximum atomic E-state index is 13.0. The molecule has 3 rings (SSSR count). The number of likely N-dealkylation sites (tertiary alicyclic amines) is 1. The lowest BCUT2D eigenvalue weighted by Gasteiger charge is -2.39. The van der Waals surface area contributed by atoms with Gasteiger partial charge in [0.1, 0.15) is 5.82 Å². The summed E-state index contributed by atoms with van der Waals surface area (Å²) in [6.45, 7) is 3.23. The van der Waals surface area contributed by atoms with Crippen LogP contribution in [0.3, 0.4) is 0 Å². The number of primary amides is 1. The molecule has 0 radical (unpaired) electrons. The van der Waals surface area contributed by atoms with Gasteiger partial charge < -0.3 is 10.6 Å². The van der Waals surface area contributed by atoms with E-state index < -0.39 is 5.91 Å². The van der Waals surface area contributed by atoms with Crippen LogP contribution in [0.2, 0.25) is 0 Å². The molecule has 0 bridgehead atoms. The molecule has 1 aromatic heterocycles. The van der Waals surface area contributed by atoms with Gasteiger partial charge in [0, 0.05) is 18.5 Å². The lowest BCUT2D eigenvalue weighted by molar-refractivity contribution is -0.132. The van der Waals surface area contributed by atoms with Crippen molar-refractivity contribution in [2.45, 2.75) is 31.6 Å². The molecule has 1 aliphatic heterocycles. The first-order valence-corrected chi connectivity index (χ1v) is 8.25. The molecule has 0 unspecified atom stereocenters. The summed E-state index contributed by atoms with van der Waals surface area (Å²) in [6, 6.07) is 5.98. The third-order valence-electron chi connectivity index (χ3n) is 5.00. The third-order valence-corrected chi connectivity index (χ3v) is 5.00. The van der Waals surface area contributed by atoms with E-state index in [1.165, 1.54) is 18.3 Å². The summed E-state index contributed by atoms with van der Waals surface area (Å²) >= 11 is 0.